The van der Waals surface area contributed by atoms with E-state index in [1.54, 1.807) is 18.2 Å². The number of hydrogen-bond acceptors (Lipinski definition) is 4. The van der Waals surface area contributed by atoms with Crippen LogP contribution < -0.4 is 5.32 Å². The Morgan fingerprint density at radius 3 is 2.90 bits per heavy atom. The molecule has 0 radical (unpaired) electrons. The Labute approximate surface area is 121 Å². The van der Waals surface area contributed by atoms with Crippen LogP contribution in [0.2, 0.25) is 0 Å². The minimum atomic E-state index is -0.496. The Morgan fingerprint density at radius 2 is 2.14 bits per heavy atom. The third-order valence-corrected chi connectivity index (χ3v) is 3.11. The molecule has 1 aliphatic rings. The van der Waals surface area contributed by atoms with Crippen LogP contribution in [-0.4, -0.2) is 41.3 Å². The fourth-order valence-electron chi connectivity index (χ4n) is 2.06. The van der Waals surface area contributed by atoms with Gasteiger partial charge >= 0.3 is 0 Å². The minimum Gasteiger partial charge on any atom is -0.354 e. The molecule has 0 unspecified atom stereocenters. The summed E-state index contributed by atoms with van der Waals surface area (Å²) in [7, 11) is 0. The van der Waals surface area contributed by atoms with E-state index in [0.29, 0.717) is 25.1 Å². The molecule has 110 valence electrons. The summed E-state index contributed by atoms with van der Waals surface area (Å²) in [6, 6.07) is 6.17. The number of carbonyl (C=O) groups excluding carboxylic acids is 2. The van der Waals surface area contributed by atoms with Crippen LogP contribution in [0.5, 0.6) is 0 Å². The molecule has 1 aliphatic heterocycles. The Balaban J connectivity index is 2.11. The minimum absolute atomic E-state index is 0.0139. The average Bonchev–Trinajstić information content (AvgIpc) is 2.69. The van der Waals surface area contributed by atoms with Crippen molar-refractivity contribution in [2.45, 2.75) is 6.42 Å². The summed E-state index contributed by atoms with van der Waals surface area (Å²) >= 11 is 0. The number of nitrogens with zero attached hydrogens (tertiary/aromatic N) is 2. The van der Waals surface area contributed by atoms with Crippen LogP contribution in [-0.2, 0) is 9.59 Å². The fourth-order valence-corrected chi connectivity index (χ4v) is 2.06. The van der Waals surface area contributed by atoms with Gasteiger partial charge in [0.2, 0.25) is 11.8 Å². The zero-order valence-electron chi connectivity index (χ0n) is 11.3. The van der Waals surface area contributed by atoms with E-state index < -0.39 is 4.92 Å². The Bertz CT molecular complexity index is 598. The first-order valence-electron chi connectivity index (χ1n) is 6.55. The third-order valence-electron chi connectivity index (χ3n) is 3.11. The second-order valence-electron chi connectivity index (χ2n) is 4.61. The molecule has 7 nitrogen and oxygen atoms in total. The molecule has 0 atom stereocenters. The van der Waals surface area contributed by atoms with E-state index in [0.717, 1.165) is 0 Å². The standard InChI is InChI=1S/C14H15N3O4/c18-13-10-16(9-3-8-15-13)14(19)7-6-11-4-1-2-5-12(11)17(20)21/h1-2,4-7H,3,8-10H2,(H,15,18). The van der Waals surface area contributed by atoms with Gasteiger partial charge in [0.15, 0.2) is 0 Å². The Morgan fingerprint density at radius 1 is 1.38 bits per heavy atom. The first-order chi connectivity index (χ1) is 10.1. The maximum Gasteiger partial charge on any atom is 0.276 e. The third kappa shape index (κ3) is 3.88. The van der Waals surface area contributed by atoms with Gasteiger partial charge in [0.1, 0.15) is 0 Å². The molecule has 2 rings (SSSR count). The van der Waals surface area contributed by atoms with Crippen molar-refractivity contribution in [3.63, 3.8) is 0 Å². The SMILES string of the molecule is O=C1CN(C(=O)C=Cc2ccccc2[N+](=O)[O-])CCCN1. The van der Waals surface area contributed by atoms with Crippen LogP contribution in [0.4, 0.5) is 5.69 Å². The normalized spacial score (nSPS) is 15.6. The average molecular weight is 289 g/mol. The quantitative estimate of drug-likeness (QED) is 0.509. The molecule has 1 aromatic rings. The second-order valence-corrected chi connectivity index (χ2v) is 4.61. The molecule has 1 saturated heterocycles. The molecule has 1 fully saturated rings. The number of benzene rings is 1. The van der Waals surface area contributed by atoms with Gasteiger partial charge in [0.05, 0.1) is 17.0 Å². The van der Waals surface area contributed by atoms with Crippen LogP contribution >= 0.6 is 0 Å². The van der Waals surface area contributed by atoms with Gasteiger partial charge in [-0.05, 0) is 18.6 Å². The molecule has 0 aliphatic carbocycles. The molecule has 7 heteroatoms. The van der Waals surface area contributed by atoms with Crippen molar-refractivity contribution in [1.82, 2.24) is 10.2 Å². The van der Waals surface area contributed by atoms with Crippen LogP contribution in [0.3, 0.4) is 0 Å². The number of nitro groups is 1. The highest BCUT2D eigenvalue weighted by Gasteiger charge is 2.18. The Kier molecular flexibility index (Phi) is 4.65. The van der Waals surface area contributed by atoms with E-state index in [-0.39, 0.29) is 24.0 Å². The van der Waals surface area contributed by atoms with Gasteiger partial charge in [-0.15, -0.1) is 0 Å². The van der Waals surface area contributed by atoms with Gasteiger partial charge in [0, 0.05) is 25.2 Å². The van der Waals surface area contributed by atoms with Crippen LogP contribution in [0.15, 0.2) is 30.3 Å². The zero-order chi connectivity index (χ0) is 15.2. The molecule has 1 aromatic carbocycles. The lowest BCUT2D eigenvalue weighted by Gasteiger charge is -2.16. The lowest BCUT2D eigenvalue weighted by atomic mass is 10.1. The first kappa shape index (κ1) is 14.7. The summed E-state index contributed by atoms with van der Waals surface area (Å²) in [5.74, 6) is -0.523. The van der Waals surface area contributed by atoms with Crippen molar-refractivity contribution in [2.75, 3.05) is 19.6 Å². The van der Waals surface area contributed by atoms with Gasteiger partial charge in [-0.2, -0.15) is 0 Å². The van der Waals surface area contributed by atoms with E-state index in [1.165, 1.54) is 23.1 Å². The number of carbonyl (C=O) groups is 2. The molecule has 0 bridgehead atoms. The van der Waals surface area contributed by atoms with Crippen molar-refractivity contribution < 1.29 is 14.5 Å². The van der Waals surface area contributed by atoms with Gasteiger partial charge in [-0.1, -0.05) is 12.1 Å². The molecule has 0 spiro atoms. The summed E-state index contributed by atoms with van der Waals surface area (Å²) < 4.78 is 0. The Hall–Kier alpha value is -2.70. The van der Waals surface area contributed by atoms with Gasteiger partial charge < -0.3 is 10.2 Å². The maximum absolute atomic E-state index is 12.0. The number of rotatable bonds is 3. The van der Waals surface area contributed by atoms with E-state index >= 15 is 0 Å². The molecule has 0 aromatic heterocycles. The summed E-state index contributed by atoms with van der Waals surface area (Å²) in [4.78, 5) is 35.2. The van der Waals surface area contributed by atoms with Crippen LogP contribution in [0.1, 0.15) is 12.0 Å². The predicted molar refractivity (Wildman–Crippen MR) is 76.3 cm³/mol. The number of amides is 2. The van der Waals surface area contributed by atoms with Crippen LogP contribution in [0.25, 0.3) is 6.08 Å². The van der Waals surface area contributed by atoms with E-state index in [1.807, 2.05) is 0 Å². The van der Waals surface area contributed by atoms with Crippen LogP contribution in [0, 0.1) is 10.1 Å². The molecular weight excluding hydrogens is 274 g/mol. The second kappa shape index (κ2) is 6.65. The van der Waals surface area contributed by atoms with Gasteiger partial charge in [-0.3, -0.25) is 19.7 Å². The fraction of sp³-hybridized carbons (Fsp3) is 0.286. The monoisotopic (exact) mass is 289 g/mol. The molecular formula is C14H15N3O4. The molecule has 1 heterocycles. The molecule has 0 saturated carbocycles. The molecule has 2 amide bonds. The number of hydrogen-bond donors (Lipinski definition) is 1. The first-order valence-corrected chi connectivity index (χ1v) is 6.55. The van der Waals surface area contributed by atoms with E-state index in [9.17, 15) is 19.7 Å². The lowest BCUT2D eigenvalue weighted by Crippen LogP contribution is -2.36. The topological polar surface area (TPSA) is 92.5 Å². The highest BCUT2D eigenvalue weighted by atomic mass is 16.6. The van der Waals surface area contributed by atoms with Crippen molar-refractivity contribution >= 4 is 23.6 Å². The van der Waals surface area contributed by atoms with Crippen molar-refractivity contribution in [2.24, 2.45) is 0 Å². The highest BCUT2D eigenvalue weighted by Crippen LogP contribution is 2.19. The largest absolute Gasteiger partial charge is 0.354 e. The lowest BCUT2D eigenvalue weighted by molar-refractivity contribution is -0.385. The van der Waals surface area contributed by atoms with Gasteiger partial charge in [0.25, 0.3) is 5.69 Å². The maximum atomic E-state index is 12.0. The van der Waals surface area contributed by atoms with Crippen molar-refractivity contribution in [3.8, 4) is 0 Å². The molecule has 21 heavy (non-hydrogen) atoms. The number of para-hydroxylation sites is 1. The van der Waals surface area contributed by atoms with E-state index in [2.05, 4.69) is 5.32 Å². The number of nitrogens with one attached hydrogen (secondary N) is 1. The zero-order valence-corrected chi connectivity index (χ0v) is 11.3. The smallest absolute Gasteiger partial charge is 0.276 e. The summed E-state index contributed by atoms with van der Waals surface area (Å²) in [6.45, 7) is 1.05. The highest BCUT2D eigenvalue weighted by molar-refractivity contribution is 5.95. The van der Waals surface area contributed by atoms with Crippen molar-refractivity contribution in [3.05, 3.63) is 46.0 Å². The van der Waals surface area contributed by atoms with E-state index in [4.69, 9.17) is 0 Å². The van der Waals surface area contributed by atoms with Crippen molar-refractivity contribution in [1.29, 1.82) is 0 Å². The predicted octanol–water partition coefficient (Wildman–Crippen LogP) is 0.957. The summed E-state index contributed by atoms with van der Waals surface area (Å²) in [6.07, 6.45) is 3.36. The molecule has 1 N–H and O–H groups in total. The van der Waals surface area contributed by atoms with Gasteiger partial charge in [-0.25, -0.2) is 0 Å². The number of nitro benzene ring substituents is 1. The summed E-state index contributed by atoms with van der Waals surface area (Å²) in [5.41, 5.74) is 0.297. The summed E-state index contributed by atoms with van der Waals surface area (Å²) in [5, 5.41) is 13.6.